The normalized spacial score (nSPS) is 17.2. The lowest BCUT2D eigenvalue weighted by atomic mass is 10.1. The van der Waals surface area contributed by atoms with Gasteiger partial charge in [0, 0.05) is 23.4 Å². The number of para-hydroxylation sites is 1. The zero-order chi connectivity index (χ0) is 15.5. The molecule has 0 spiro atoms. The number of nitrogens with zero attached hydrogens (tertiary/aromatic N) is 1. The summed E-state index contributed by atoms with van der Waals surface area (Å²) >= 11 is 0. The molecule has 2 aromatic rings. The van der Waals surface area contributed by atoms with Crippen LogP contribution in [0.1, 0.15) is 22.8 Å². The van der Waals surface area contributed by atoms with E-state index >= 15 is 0 Å². The van der Waals surface area contributed by atoms with E-state index in [4.69, 9.17) is 9.94 Å². The number of nitrogens with one attached hydrogen (secondary N) is 1. The molecule has 0 aromatic heterocycles. The molecule has 5 heteroatoms. The van der Waals surface area contributed by atoms with Gasteiger partial charge in [-0.1, -0.05) is 24.3 Å². The minimum atomic E-state index is -0.538. The highest BCUT2D eigenvalue weighted by molar-refractivity contribution is 5.93. The molecule has 0 unspecified atom stereocenters. The van der Waals surface area contributed by atoms with Gasteiger partial charge in [0.05, 0.1) is 6.04 Å². The second-order valence-electron chi connectivity index (χ2n) is 5.39. The largest absolute Gasteiger partial charge is 0.491 e. The first-order valence-electron chi connectivity index (χ1n) is 7.21. The highest BCUT2D eigenvalue weighted by atomic mass is 16.5. The quantitative estimate of drug-likeness (QED) is 0.661. The molecule has 0 aliphatic carbocycles. The first kappa shape index (κ1) is 14.4. The molecule has 0 saturated heterocycles. The number of hydrogen-bond acceptors (Lipinski definition) is 4. The fraction of sp³-hybridized carbons (Fsp3) is 0.235. The second-order valence-corrected chi connectivity index (χ2v) is 5.39. The smallest absolute Gasteiger partial charge is 0.274 e. The van der Waals surface area contributed by atoms with Crippen molar-refractivity contribution in [1.82, 2.24) is 5.48 Å². The van der Waals surface area contributed by atoms with Crippen LogP contribution in [0.15, 0.2) is 48.5 Å². The minimum Gasteiger partial charge on any atom is -0.491 e. The standard InChI is InChI=1S/C17H18N2O3/c1-12-11-22-16-9-13(17(20)18-21)7-8-14(16)10-19(12)15-5-3-2-4-6-15/h2-9,12,21H,10-11H2,1H3,(H,18,20)/t12-/m1/s1. The van der Waals surface area contributed by atoms with Crippen LogP contribution >= 0.6 is 0 Å². The second kappa shape index (κ2) is 6.07. The van der Waals surface area contributed by atoms with Crippen LogP contribution in [-0.4, -0.2) is 23.8 Å². The van der Waals surface area contributed by atoms with E-state index in [0.717, 1.165) is 11.3 Å². The summed E-state index contributed by atoms with van der Waals surface area (Å²) in [7, 11) is 0. The van der Waals surface area contributed by atoms with Crippen molar-refractivity contribution in [2.24, 2.45) is 0 Å². The minimum absolute atomic E-state index is 0.213. The van der Waals surface area contributed by atoms with Crippen LogP contribution in [0, 0.1) is 0 Å². The van der Waals surface area contributed by atoms with Gasteiger partial charge in [-0.2, -0.15) is 0 Å². The molecule has 0 radical (unpaired) electrons. The SMILES string of the molecule is C[C@@H]1COc2cc(C(=O)NO)ccc2CN1c1ccccc1. The summed E-state index contributed by atoms with van der Waals surface area (Å²) in [4.78, 5) is 13.8. The first-order valence-corrected chi connectivity index (χ1v) is 7.21. The van der Waals surface area contributed by atoms with Crippen LogP contribution in [0.25, 0.3) is 0 Å². The molecule has 1 atom stereocenters. The lowest BCUT2D eigenvalue weighted by molar-refractivity contribution is 0.0706. The summed E-state index contributed by atoms with van der Waals surface area (Å²) in [5.74, 6) is 0.148. The number of benzene rings is 2. The molecule has 2 N–H and O–H groups in total. The number of carbonyl (C=O) groups excluding carboxylic acids is 1. The third-order valence-corrected chi connectivity index (χ3v) is 3.87. The van der Waals surface area contributed by atoms with Gasteiger partial charge in [-0.05, 0) is 31.2 Å². The van der Waals surface area contributed by atoms with Crippen molar-refractivity contribution in [3.63, 3.8) is 0 Å². The van der Waals surface area contributed by atoms with E-state index < -0.39 is 5.91 Å². The molecule has 0 fully saturated rings. The van der Waals surface area contributed by atoms with Crippen molar-refractivity contribution in [2.45, 2.75) is 19.5 Å². The summed E-state index contributed by atoms with van der Waals surface area (Å²) in [5.41, 5.74) is 4.18. The molecule has 114 valence electrons. The molecular formula is C17H18N2O3. The molecular weight excluding hydrogens is 280 g/mol. The van der Waals surface area contributed by atoms with Crippen molar-refractivity contribution in [2.75, 3.05) is 11.5 Å². The van der Waals surface area contributed by atoms with Gasteiger partial charge in [-0.25, -0.2) is 5.48 Å². The molecule has 5 nitrogen and oxygen atoms in total. The Hall–Kier alpha value is -2.53. The maximum atomic E-state index is 11.5. The predicted molar refractivity (Wildman–Crippen MR) is 83.3 cm³/mol. The van der Waals surface area contributed by atoms with Crippen molar-refractivity contribution >= 4 is 11.6 Å². The Balaban J connectivity index is 1.93. The van der Waals surface area contributed by atoms with Crippen molar-refractivity contribution < 1.29 is 14.7 Å². The van der Waals surface area contributed by atoms with E-state index in [1.807, 2.05) is 24.3 Å². The van der Waals surface area contributed by atoms with E-state index in [1.165, 1.54) is 0 Å². The first-order chi connectivity index (χ1) is 10.7. The third kappa shape index (κ3) is 2.76. The summed E-state index contributed by atoms with van der Waals surface area (Å²) in [6.45, 7) is 3.36. The maximum Gasteiger partial charge on any atom is 0.274 e. The van der Waals surface area contributed by atoms with Crippen LogP contribution in [-0.2, 0) is 6.54 Å². The lowest BCUT2D eigenvalue weighted by Gasteiger charge is -2.28. The van der Waals surface area contributed by atoms with E-state index in [0.29, 0.717) is 24.5 Å². The number of hydroxylamine groups is 1. The summed E-state index contributed by atoms with van der Waals surface area (Å²) in [6.07, 6.45) is 0. The monoisotopic (exact) mass is 298 g/mol. The van der Waals surface area contributed by atoms with E-state index in [9.17, 15) is 4.79 Å². The van der Waals surface area contributed by atoms with Gasteiger partial charge < -0.3 is 9.64 Å². The Labute approximate surface area is 129 Å². The topological polar surface area (TPSA) is 61.8 Å². The highest BCUT2D eigenvalue weighted by Gasteiger charge is 2.22. The van der Waals surface area contributed by atoms with Crippen molar-refractivity contribution in [3.8, 4) is 5.75 Å². The summed E-state index contributed by atoms with van der Waals surface area (Å²) in [5, 5.41) is 8.73. The lowest BCUT2D eigenvalue weighted by Crippen LogP contribution is -2.34. The molecule has 3 rings (SSSR count). The van der Waals surface area contributed by atoms with Crippen LogP contribution in [0.3, 0.4) is 0 Å². The van der Waals surface area contributed by atoms with Crippen LogP contribution in [0.2, 0.25) is 0 Å². The number of amides is 1. The van der Waals surface area contributed by atoms with E-state index in [1.54, 1.807) is 17.6 Å². The Morgan fingerprint density at radius 2 is 2.05 bits per heavy atom. The zero-order valence-electron chi connectivity index (χ0n) is 12.3. The number of hydrogen-bond donors (Lipinski definition) is 2. The number of rotatable bonds is 2. The van der Waals surface area contributed by atoms with Gasteiger partial charge >= 0.3 is 0 Å². The molecule has 0 saturated carbocycles. The average molecular weight is 298 g/mol. The number of anilines is 1. The Morgan fingerprint density at radius 3 is 2.77 bits per heavy atom. The molecule has 1 aliphatic heterocycles. The van der Waals surface area contributed by atoms with E-state index in [-0.39, 0.29) is 6.04 Å². The summed E-state index contributed by atoms with van der Waals surface area (Å²) < 4.78 is 5.84. The molecule has 0 bridgehead atoms. The Kier molecular flexibility index (Phi) is 3.98. The zero-order valence-corrected chi connectivity index (χ0v) is 12.3. The van der Waals surface area contributed by atoms with Gasteiger partial charge in [-0.15, -0.1) is 0 Å². The fourth-order valence-corrected chi connectivity index (χ4v) is 2.63. The van der Waals surface area contributed by atoms with Gasteiger partial charge in [0.2, 0.25) is 0 Å². The fourth-order valence-electron chi connectivity index (χ4n) is 2.63. The van der Waals surface area contributed by atoms with Crippen LogP contribution < -0.4 is 15.1 Å². The summed E-state index contributed by atoms with van der Waals surface area (Å²) in [6, 6.07) is 15.6. The third-order valence-electron chi connectivity index (χ3n) is 3.87. The van der Waals surface area contributed by atoms with Gasteiger partial charge in [0.15, 0.2) is 0 Å². The van der Waals surface area contributed by atoms with Gasteiger partial charge in [-0.3, -0.25) is 10.0 Å². The van der Waals surface area contributed by atoms with Gasteiger partial charge in [0.25, 0.3) is 5.91 Å². The molecule has 1 aliphatic rings. The predicted octanol–water partition coefficient (Wildman–Crippen LogP) is 2.59. The molecule has 2 aromatic carbocycles. The van der Waals surface area contributed by atoms with Crippen LogP contribution in [0.4, 0.5) is 5.69 Å². The number of fused-ring (bicyclic) bond motifs is 1. The van der Waals surface area contributed by atoms with Crippen LogP contribution in [0.5, 0.6) is 5.75 Å². The van der Waals surface area contributed by atoms with Crippen molar-refractivity contribution in [3.05, 3.63) is 59.7 Å². The number of ether oxygens (including phenoxy) is 1. The Bertz CT molecular complexity index is 673. The molecule has 22 heavy (non-hydrogen) atoms. The molecule has 1 amide bonds. The highest BCUT2D eigenvalue weighted by Crippen LogP contribution is 2.29. The maximum absolute atomic E-state index is 11.5. The molecule has 1 heterocycles. The van der Waals surface area contributed by atoms with E-state index in [2.05, 4.69) is 24.0 Å². The van der Waals surface area contributed by atoms with Gasteiger partial charge in [0.1, 0.15) is 12.4 Å². The average Bonchev–Trinajstić information content (AvgIpc) is 2.74. The number of carbonyl (C=O) groups is 1. The van der Waals surface area contributed by atoms with Crippen molar-refractivity contribution in [1.29, 1.82) is 0 Å². The Morgan fingerprint density at radius 1 is 1.27 bits per heavy atom.